The number of para-hydroxylation sites is 1. The lowest BCUT2D eigenvalue weighted by Crippen LogP contribution is -2.34. The fraction of sp³-hybridized carbons (Fsp3) is 0.235. The number of hydrogen-bond donors (Lipinski definition) is 0. The van der Waals surface area contributed by atoms with Gasteiger partial charge in [-0.2, -0.15) is 17.6 Å². The van der Waals surface area contributed by atoms with Gasteiger partial charge in [0.1, 0.15) is 5.75 Å². The van der Waals surface area contributed by atoms with Crippen LogP contribution in [0.4, 0.5) is 17.6 Å². The molecule has 2 nitrogen and oxygen atoms in total. The molecule has 0 fully saturated rings. The number of Topliss-reactive ketones (excluding diaryl/α,β-unsaturated/α-hetero) is 1. The van der Waals surface area contributed by atoms with E-state index in [1.807, 2.05) is 18.2 Å². The first-order valence-electron chi connectivity index (χ1n) is 7.12. The SMILES string of the molecule is O=C(CCc1c(Br)cccc1Br)c1ccccc1OC(F)(F)C(F)F. The van der Waals surface area contributed by atoms with Gasteiger partial charge in [0.2, 0.25) is 0 Å². The van der Waals surface area contributed by atoms with Crippen molar-refractivity contribution in [3.8, 4) is 5.75 Å². The van der Waals surface area contributed by atoms with Crippen LogP contribution in [0.2, 0.25) is 0 Å². The van der Waals surface area contributed by atoms with Crippen molar-refractivity contribution in [1.29, 1.82) is 0 Å². The molecule has 0 bridgehead atoms. The first-order valence-corrected chi connectivity index (χ1v) is 8.71. The van der Waals surface area contributed by atoms with Crippen LogP contribution in [-0.2, 0) is 6.42 Å². The highest BCUT2D eigenvalue weighted by molar-refractivity contribution is 9.11. The Hall–Kier alpha value is -1.41. The van der Waals surface area contributed by atoms with Gasteiger partial charge in [-0.25, -0.2) is 0 Å². The van der Waals surface area contributed by atoms with Crippen LogP contribution in [0.3, 0.4) is 0 Å². The molecule has 0 spiro atoms. The van der Waals surface area contributed by atoms with Gasteiger partial charge in [0, 0.05) is 15.4 Å². The third-order valence-corrected chi connectivity index (χ3v) is 4.84. The van der Waals surface area contributed by atoms with Gasteiger partial charge >= 0.3 is 12.5 Å². The van der Waals surface area contributed by atoms with Gasteiger partial charge in [-0.05, 0) is 36.2 Å². The zero-order valence-electron chi connectivity index (χ0n) is 12.6. The summed E-state index contributed by atoms with van der Waals surface area (Å²) in [5.41, 5.74) is 0.679. The summed E-state index contributed by atoms with van der Waals surface area (Å²) in [4.78, 5) is 12.4. The van der Waals surface area contributed by atoms with E-state index in [4.69, 9.17) is 0 Å². The molecule has 0 atom stereocenters. The van der Waals surface area contributed by atoms with Gasteiger partial charge in [0.05, 0.1) is 5.56 Å². The van der Waals surface area contributed by atoms with Crippen LogP contribution in [0, 0.1) is 0 Å². The van der Waals surface area contributed by atoms with Crippen LogP contribution in [0.1, 0.15) is 22.3 Å². The highest BCUT2D eigenvalue weighted by atomic mass is 79.9. The molecule has 0 heterocycles. The summed E-state index contributed by atoms with van der Waals surface area (Å²) in [6, 6.07) is 10.6. The van der Waals surface area contributed by atoms with E-state index in [0.717, 1.165) is 20.6 Å². The van der Waals surface area contributed by atoms with Gasteiger partial charge in [0.25, 0.3) is 0 Å². The minimum atomic E-state index is -4.66. The zero-order chi connectivity index (χ0) is 18.6. The monoisotopic (exact) mass is 482 g/mol. The van der Waals surface area contributed by atoms with Crippen LogP contribution in [0.25, 0.3) is 0 Å². The van der Waals surface area contributed by atoms with Crippen LogP contribution in [-0.4, -0.2) is 18.3 Å². The Morgan fingerprint density at radius 1 is 1.04 bits per heavy atom. The van der Waals surface area contributed by atoms with Crippen molar-refractivity contribution >= 4 is 37.6 Å². The molecule has 2 rings (SSSR count). The van der Waals surface area contributed by atoms with Crippen molar-refractivity contribution in [2.75, 3.05) is 0 Å². The highest BCUT2D eigenvalue weighted by Crippen LogP contribution is 2.31. The minimum absolute atomic E-state index is 0.00182. The molecule has 0 aliphatic heterocycles. The van der Waals surface area contributed by atoms with E-state index in [9.17, 15) is 22.4 Å². The molecule has 0 aliphatic carbocycles. The van der Waals surface area contributed by atoms with Crippen LogP contribution in [0.15, 0.2) is 51.4 Å². The molecule has 0 aromatic heterocycles. The van der Waals surface area contributed by atoms with E-state index in [2.05, 4.69) is 36.6 Å². The van der Waals surface area contributed by atoms with Crippen molar-refractivity contribution in [3.05, 3.63) is 62.5 Å². The molecule has 0 saturated heterocycles. The standard InChI is InChI=1S/C17H12Br2F4O2/c18-12-5-3-6-13(19)10(12)8-9-14(24)11-4-1-2-7-15(11)25-17(22,23)16(20)21/h1-7,16H,8-9H2. The normalized spacial score (nSPS) is 11.6. The smallest absolute Gasteiger partial charge is 0.428 e. The Morgan fingerprint density at radius 2 is 1.64 bits per heavy atom. The van der Waals surface area contributed by atoms with Gasteiger partial charge in [0.15, 0.2) is 5.78 Å². The second-order valence-corrected chi connectivity index (χ2v) is 6.79. The quantitative estimate of drug-likeness (QED) is 0.343. The number of hydrogen-bond acceptors (Lipinski definition) is 2. The molecule has 8 heteroatoms. The summed E-state index contributed by atoms with van der Waals surface area (Å²) >= 11 is 6.75. The molecule has 0 unspecified atom stereocenters. The van der Waals surface area contributed by atoms with E-state index < -0.39 is 24.1 Å². The summed E-state index contributed by atoms with van der Waals surface area (Å²) in [6.45, 7) is 0. The second kappa shape index (κ2) is 8.31. The lowest BCUT2D eigenvalue weighted by molar-refractivity contribution is -0.253. The van der Waals surface area contributed by atoms with Gasteiger partial charge in [-0.3, -0.25) is 4.79 Å². The van der Waals surface area contributed by atoms with Gasteiger partial charge < -0.3 is 4.74 Å². The predicted octanol–water partition coefficient (Wildman–Crippen LogP) is 6.26. The molecule has 2 aromatic carbocycles. The summed E-state index contributed by atoms with van der Waals surface area (Å²) in [6.07, 6.45) is -8.32. The van der Waals surface area contributed by atoms with Crippen molar-refractivity contribution in [2.45, 2.75) is 25.4 Å². The van der Waals surface area contributed by atoms with Crippen LogP contribution < -0.4 is 4.74 Å². The Labute approximate surface area is 158 Å². The Morgan fingerprint density at radius 3 is 2.24 bits per heavy atom. The number of carbonyl (C=O) groups excluding carboxylic acids is 1. The van der Waals surface area contributed by atoms with Crippen molar-refractivity contribution in [2.24, 2.45) is 0 Å². The van der Waals surface area contributed by atoms with Gasteiger partial charge in [-0.1, -0.05) is 50.1 Å². The largest absolute Gasteiger partial charge is 0.461 e. The second-order valence-electron chi connectivity index (χ2n) is 5.08. The molecule has 25 heavy (non-hydrogen) atoms. The number of carbonyl (C=O) groups is 1. The number of ether oxygens (including phenoxy) is 1. The van der Waals surface area contributed by atoms with E-state index >= 15 is 0 Å². The first kappa shape index (κ1) is 19.9. The van der Waals surface area contributed by atoms with Crippen LogP contribution >= 0.6 is 31.9 Å². The van der Waals surface area contributed by atoms with Crippen LogP contribution in [0.5, 0.6) is 5.75 Å². The lowest BCUT2D eigenvalue weighted by Gasteiger charge is -2.18. The average molecular weight is 484 g/mol. The molecule has 0 aliphatic rings. The van der Waals surface area contributed by atoms with Crippen molar-refractivity contribution in [3.63, 3.8) is 0 Å². The molecule has 0 radical (unpaired) electrons. The lowest BCUT2D eigenvalue weighted by atomic mass is 10.0. The minimum Gasteiger partial charge on any atom is -0.428 e. The fourth-order valence-electron chi connectivity index (χ4n) is 2.12. The van der Waals surface area contributed by atoms with Crippen molar-refractivity contribution < 1.29 is 27.1 Å². The van der Waals surface area contributed by atoms with E-state index in [0.29, 0.717) is 6.42 Å². The number of halogens is 6. The Kier molecular flexibility index (Phi) is 6.62. The summed E-state index contributed by atoms with van der Waals surface area (Å²) < 4.78 is 56.6. The highest BCUT2D eigenvalue weighted by Gasteiger charge is 2.44. The third kappa shape index (κ3) is 5.04. The topological polar surface area (TPSA) is 26.3 Å². The van der Waals surface area contributed by atoms with E-state index in [1.165, 1.54) is 18.2 Å². The third-order valence-electron chi connectivity index (χ3n) is 3.35. The molecule has 0 N–H and O–H groups in total. The Bertz CT molecular complexity index is 746. The summed E-state index contributed by atoms with van der Waals surface area (Å²) in [5.74, 6) is -1.05. The molecule has 2 aromatic rings. The van der Waals surface area contributed by atoms with E-state index in [1.54, 1.807) is 0 Å². The Balaban J connectivity index is 2.17. The predicted molar refractivity (Wildman–Crippen MR) is 92.5 cm³/mol. The fourth-order valence-corrected chi connectivity index (χ4v) is 3.52. The maximum absolute atomic E-state index is 13.1. The molecule has 0 amide bonds. The number of benzene rings is 2. The summed E-state index contributed by atoms with van der Waals surface area (Å²) in [5, 5.41) is 0. The molecular formula is C17H12Br2F4O2. The first-order chi connectivity index (χ1) is 11.7. The summed E-state index contributed by atoms with van der Waals surface area (Å²) in [7, 11) is 0. The van der Waals surface area contributed by atoms with E-state index in [-0.39, 0.29) is 12.0 Å². The average Bonchev–Trinajstić information content (AvgIpc) is 2.54. The number of ketones is 1. The number of alkyl halides is 4. The van der Waals surface area contributed by atoms with Gasteiger partial charge in [-0.15, -0.1) is 0 Å². The maximum Gasteiger partial charge on any atom is 0.461 e. The number of rotatable bonds is 7. The van der Waals surface area contributed by atoms with Crippen molar-refractivity contribution in [1.82, 2.24) is 0 Å². The maximum atomic E-state index is 13.1. The zero-order valence-corrected chi connectivity index (χ0v) is 15.8. The molecule has 0 saturated carbocycles. The molecular weight excluding hydrogens is 472 g/mol. The molecule has 134 valence electrons.